The highest BCUT2D eigenvalue weighted by atomic mass is 79.9. The van der Waals surface area contributed by atoms with E-state index < -0.39 is 6.10 Å². The predicted molar refractivity (Wildman–Crippen MR) is 136 cm³/mol. The van der Waals surface area contributed by atoms with Crippen LogP contribution in [-0.2, 0) is 20.9 Å². The molecule has 2 aromatic rings. The molecule has 1 aliphatic rings. The molecule has 1 unspecified atom stereocenters. The quantitative estimate of drug-likeness (QED) is 0.173. The number of hydrazone groups is 1. The number of aliphatic hydroxyl groups is 1. The van der Waals surface area contributed by atoms with Crippen LogP contribution in [0.1, 0.15) is 44.9 Å². The lowest BCUT2D eigenvalue weighted by Gasteiger charge is -2.29. The third kappa shape index (κ3) is 7.83. The van der Waals surface area contributed by atoms with Crippen molar-refractivity contribution in [2.45, 2.75) is 63.6 Å². The molecule has 2 heterocycles. The van der Waals surface area contributed by atoms with Gasteiger partial charge in [0.15, 0.2) is 0 Å². The smallest absolute Gasteiger partial charge is 0.305 e. The van der Waals surface area contributed by atoms with Crippen LogP contribution in [0.25, 0.3) is 10.9 Å². The summed E-state index contributed by atoms with van der Waals surface area (Å²) in [4.78, 5) is 40.9. The van der Waals surface area contributed by atoms with Crippen LogP contribution in [-0.4, -0.2) is 58.0 Å². The minimum atomic E-state index is -0.550. The van der Waals surface area contributed by atoms with E-state index in [2.05, 4.69) is 41.5 Å². The largest absolute Gasteiger partial charge is 0.469 e. The highest BCUT2D eigenvalue weighted by Gasteiger charge is 2.24. The number of esters is 1. The first-order valence-electron chi connectivity index (χ1n) is 11.4. The minimum Gasteiger partial charge on any atom is -0.469 e. The number of methoxy groups -OCH3 is 1. The summed E-state index contributed by atoms with van der Waals surface area (Å²) < 4.78 is 6.64. The lowest BCUT2D eigenvalue weighted by Crippen LogP contribution is -2.46. The van der Waals surface area contributed by atoms with E-state index in [4.69, 9.17) is 11.6 Å². The fourth-order valence-electron chi connectivity index (χ4n) is 3.86. The Morgan fingerprint density at radius 2 is 2.14 bits per heavy atom. The number of carbonyl (C=O) groups is 2. The number of halogens is 2. The minimum absolute atomic E-state index is 0.0863. The number of benzene rings is 1. The Kier molecular flexibility index (Phi) is 10.2. The van der Waals surface area contributed by atoms with Crippen molar-refractivity contribution < 1.29 is 19.4 Å². The van der Waals surface area contributed by atoms with Gasteiger partial charge in [0, 0.05) is 29.8 Å². The molecule has 10 nitrogen and oxygen atoms in total. The van der Waals surface area contributed by atoms with Gasteiger partial charge in [-0.3, -0.25) is 19.0 Å². The van der Waals surface area contributed by atoms with Crippen LogP contribution >= 0.6 is 27.5 Å². The number of carbonyl (C=O) groups excluding carboxylic acids is 2. The summed E-state index contributed by atoms with van der Waals surface area (Å²) in [6.45, 7) is 0.857. The van der Waals surface area contributed by atoms with Crippen molar-refractivity contribution in [1.82, 2.24) is 20.3 Å². The molecule has 12 heteroatoms. The van der Waals surface area contributed by atoms with Gasteiger partial charge in [0.2, 0.25) is 5.91 Å². The Labute approximate surface area is 216 Å². The molecule has 3 N–H and O–H groups in total. The van der Waals surface area contributed by atoms with Gasteiger partial charge >= 0.3 is 5.97 Å². The van der Waals surface area contributed by atoms with E-state index in [-0.39, 0.29) is 42.9 Å². The molecule has 2 atom stereocenters. The van der Waals surface area contributed by atoms with Gasteiger partial charge in [-0.25, -0.2) is 10.4 Å². The number of aliphatic hydroxyl groups excluding tert-OH is 1. The third-order valence-corrected chi connectivity index (χ3v) is 7.02. The molecule has 1 aliphatic heterocycles. The summed E-state index contributed by atoms with van der Waals surface area (Å²) in [5, 5.41) is 18.7. The number of hydrogen-bond acceptors (Lipinski definition) is 8. The number of hydrogen-bond donors (Lipinski definition) is 3. The maximum atomic E-state index is 13.1. The molecule has 1 amide bonds. The maximum Gasteiger partial charge on any atom is 0.305 e. The lowest BCUT2D eigenvalue weighted by molar-refractivity contribution is -0.140. The van der Waals surface area contributed by atoms with E-state index >= 15 is 0 Å². The summed E-state index contributed by atoms with van der Waals surface area (Å²) in [6.07, 6.45) is 4.26. The van der Waals surface area contributed by atoms with Crippen LogP contribution < -0.4 is 16.3 Å². The molecule has 0 radical (unpaired) electrons. The second-order valence-corrected chi connectivity index (χ2v) is 9.69. The molecular formula is C23H29BrClN5O5. The normalized spacial score (nSPS) is 18.5. The Bertz CT molecular complexity index is 1160. The molecule has 1 aromatic heterocycles. The Hall–Kier alpha value is -2.34. The van der Waals surface area contributed by atoms with E-state index in [9.17, 15) is 19.5 Å². The molecule has 0 spiro atoms. The number of piperidine rings is 1. The van der Waals surface area contributed by atoms with Crippen LogP contribution in [0.15, 0.2) is 32.8 Å². The summed E-state index contributed by atoms with van der Waals surface area (Å²) in [5.41, 5.74) is 3.27. The van der Waals surface area contributed by atoms with Gasteiger partial charge in [-0.1, -0.05) is 11.6 Å². The zero-order chi connectivity index (χ0) is 25.4. The molecule has 0 bridgehead atoms. The number of fused-ring (bicyclic) bond motifs is 1. The average Bonchev–Trinajstić information content (AvgIpc) is 2.84. The summed E-state index contributed by atoms with van der Waals surface area (Å²) in [6, 6.07) is 3.00. The number of rotatable bonds is 10. The molecule has 1 fully saturated rings. The van der Waals surface area contributed by atoms with Gasteiger partial charge in [0.25, 0.3) is 5.56 Å². The number of nitrogens with one attached hydrogen (secondary N) is 2. The predicted octanol–water partition coefficient (Wildman–Crippen LogP) is 2.52. The van der Waals surface area contributed by atoms with Crippen LogP contribution in [0.5, 0.6) is 0 Å². The molecule has 0 saturated carbocycles. The fraction of sp³-hybridized carbons (Fsp3) is 0.522. The number of aromatic nitrogens is 2. The van der Waals surface area contributed by atoms with Crippen LogP contribution in [0, 0.1) is 0 Å². The van der Waals surface area contributed by atoms with Crippen molar-refractivity contribution in [2.24, 2.45) is 5.10 Å². The number of nitrogens with zero attached hydrogens (tertiary/aromatic N) is 3. The lowest BCUT2D eigenvalue weighted by atomic mass is 9.96. The fourth-order valence-corrected chi connectivity index (χ4v) is 4.36. The van der Waals surface area contributed by atoms with Crippen molar-refractivity contribution in [3.8, 4) is 0 Å². The molecule has 1 aromatic carbocycles. The van der Waals surface area contributed by atoms with Crippen molar-refractivity contribution in [2.75, 3.05) is 13.7 Å². The zero-order valence-corrected chi connectivity index (χ0v) is 21.8. The summed E-state index contributed by atoms with van der Waals surface area (Å²) in [7, 11) is 1.33. The van der Waals surface area contributed by atoms with E-state index in [0.29, 0.717) is 51.8 Å². The van der Waals surface area contributed by atoms with Crippen molar-refractivity contribution in [3.05, 3.63) is 38.3 Å². The van der Waals surface area contributed by atoms with Crippen LogP contribution in [0.2, 0.25) is 5.02 Å². The Balaban J connectivity index is 1.75. The van der Waals surface area contributed by atoms with E-state index in [1.54, 1.807) is 12.1 Å². The monoisotopic (exact) mass is 569 g/mol. The van der Waals surface area contributed by atoms with Crippen molar-refractivity contribution in [3.63, 3.8) is 0 Å². The third-order valence-electron chi connectivity index (χ3n) is 5.82. The standard InChI is InChI=1S/C23H29BrClN5O5/c1-35-22(33)7-3-2-6-21(32)29-28-14(9-19-20(31)5-4-8-26-19)12-30-13-27-18-11-16(24)17(25)10-15(18)23(30)34/h10-11,13,19-20,26,31H,2-9,12H2,1H3,(H,29,32)/b28-14-/t19?,20-/m1/s1. The van der Waals surface area contributed by atoms with Crippen molar-refractivity contribution in [1.29, 1.82) is 0 Å². The van der Waals surface area contributed by atoms with Gasteiger partial charge in [0.1, 0.15) is 0 Å². The van der Waals surface area contributed by atoms with Crippen LogP contribution in [0.4, 0.5) is 0 Å². The highest BCUT2D eigenvalue weighted by molar-refractivity contribution is 9.10. The first kappa shape index (κ1) is 27.3. The first-order valence-corrected chi connectivity index (χ1v) is 12.6. The van der Waals surface area contributed by atoms with Crippen molar-refractivity contribution >= 4 is 56.0 Å². The van der Waals surface area contributed by atoms with Gasteiger partial charge in [-0.15, -0.1) is 0 Å². The van der Waals surface area contributed by atoms with Gasteiger partial charge in [-0.05, 0) is 60.3 Å². The molecule has 0 aliphatic carbocycles. The number of ether oxygens (including phenoxy) is 1. The highest BCUT2D eigenvalue weighted by Crippen LogP contribution is 2.25. The SMILES string of the molecule is COC(=O)CCCCC(=O)N/N=C(/CC1NCCC[C@H]1O)Cn1cnc2cc(Br)c(Cl)cc2c1=O. The number of amides is 1. The van der Waals surface area contributed by atoms with E-state index in [1.165, 1.54) is 18.0 Å². The van der Waals surface area contributed by atoms with E-state index in [0.717, 1.165) is 13.0 Å². The maximum absolute atomic E-state index is 13.1. The Morgan fingerprint density at radius 1 is 1.37 bits per heavy atom. The van der Waals surface area contributed by atoms with Gasteiger partial charge in [0.05, 0.1) is 47.7 Å². The van der Waals surface area contributed by atoms with E-state index in [1.807, 2.05) is 0 Å². The molecule has 3 rings (SSSR count). The Morgan fingerprint density at radius 3 is 2.89 bits per heavy atom. The molecule has 190 valence electrons. The second kappa shape index (κ2) is 13.1. The summed E-state index contributed by atoms with van der Waals surface area (Å²) >= 11 is 9.50. The average molecular weight is 571 g/mol. The zero-order valence-electron chi connectivity index (χ0n) is 19.4. The summed E-state index contributed by atoms with van der Waals surface area (Å²) in [5.74, 6) is -0.613. The molecule has 1 saturated heterocycles. The molecular weight excluding hydrogens is 542 g/mol. The first-order chi connectivity index (χ1) is 16.8. The van der Waals surface area contributed by atoms with Crippen LogP contribution in [0.3, 0.4) is 0 Å². The second-order valence-electron chi connectivity index (χ2n) is 8.43. The topological polar surface area (TPSA) is 135 Å². The molecule has 35 heavy (non-hydrogen) atoms. The number of unbranched alkanes of at least 4 members (excludes halogenated alkanes) is 1. The van der Waals surface area contributed by atoms with Gasteiger partial charge < -0.3 is 15.2 Å². The van der Waals surface area contributed by atoms with Gasteiger partial charge in [-0.2, -0.15) is 5.10 Å².